The lowest BCUT2D eigenvalue weighted by Crippen LogP contribution is -2.41. The van der Waals surface area contributed by atoms with Gasteiger partial charge < -0.3 is 15.3 Å². The van der Waals surface area contributed by atoms with Gasteiger partial charge in [0.2, 0.25) is 0 Å². The first-order chi connectivity index (χ1) is 12.6. The third-order valence-corrected chi connectivity index (χ3v) is 4.84. The number of carbonyl (C=O) groups excluding carboxylic acids is 2. The van der Waals surface area contributed by atoms with Crippen molar-refractivity contribution in [3.05, 3.63) is 65.2 Å². The van der Waals surface area contributed by atoms with Crippen molar-refractivity contribution < 1.29 is 14.7 Å². The molecule has 26 heavy (non-hydrogen) atoms. The Labute approximate surface area is 153 Å². The predicted molar refractivity (Wildman–Crippen MR) is 101 cm³/mol. The van der Waals surface area contributed by atoms with Crippen molar-refractivity contribution in [1.29, 1.82) is 0 Å². The van der Waals surface area contributed by atoms with Crippen LogP contribution in [0.5, 0.6) is 0 Å². The fourth-order valence-electron chi connectivity index (χ4n) is 3.57. The molecule has 2 aromatic rings. The van der Waals surface area contributed by atoms with E-state index in [0.29, 0.717) is 11.3 Å². The molecule has 0 heterocycles. The van der Waals surface area contributed by atoms with E-state index in [-0.39, 0.29) is 31.0 Å². The highest BCUT2D eigenvalue weighted by atomic mass is 16.3. The normalized spacial score (nSPS) is 15.8. The number of carbonyl (C=O) groups is 2. The lowest BCUT2D eigenvalue weighted by atomic mass is 9.87. The Kier molecular flexibility index (Phi) is 5.68. The number of nitrogens with zero attached hydrogens (tertiary/aromatic N) is 1. The molecular weight excluding hydrogens is 328 g/mol. The number of aryl methyl sites for hydroxylation is 1. The van der Waals surface area contributed by atoms with E-state index in [4.69, 9.17) is 0 Å². The van der Waals surface area contributed by atoms with E-state index >= 15 is 0 Å². The molecule has 2 aromatic carbocycles. The molecule has 3 rings (SSSR count). The maximum absolute atomic E-state index is 12.9. The van der Waals surface area contributed by atoms with Crippen molar-refractivity contribution in [1.82, 2.24) is 4.90 Å². The van der Waals surface area contributed by atoms with Crippen LogP contribution in [-0.2, 0) is 6.42 Å². The highest BCUT2D eigenvalue weighted by Crippen LogP contribution is 2.34. The number of hydrogen-bond acceptors (Lipinski definition) is 3. The van der Waals surface area contributed by atoms with Crippen LogP contribution in [0.25, 0.3) is 0 Å². The number of aliphatic hydroxyl groups excluding tert-OH is 1. The molecule has 0 aromatic heterocycles. The summed E-state index contributed by atoms with van der Waals surface area (Å²) in [7, 11) is 0. The SMILES string of the molecule is CC(=O)c1cccc(NC(=O)N(CCO)[C@@H]2CCCc3ccccc32)c1. The molecule has 0 fully saturated rings. The average molecular weight is 352 g/mol. The number of aliphatic hydroxyl groups is 1. The van der Waals surface area contributed by atoms with Crippen LogP contribution in [0, 0.1) is 0 Å². The van der Waals surface area contributed by atoms with Crippen LogP contribution in [0.15, 0.2) is 48.5 Å². The zero-order valence-electron chi connectivity index (χ0n) is 14.9. The number of benzene rings is 2. The largest absolute Gasteiger partial charge is 0.395 e. The molecular formula is C21H24N2O3. The number of Topliss-reactive ketones (excluding diaryl/α,β-unsaturated/α-hetero) is 1. The van der Waals surface area contributed by atoms with Crippen molar-refractivity contribution in [3.63, 3.8) is 0 Å². The predicted octanol–water partition coefficient (Wildman–Crippen LogP) is 3.79. The van der Waals surface area contributed by atoms with E-state index in [1.165, 1.54) is 12.5 Å². The third-order valence-electron chi connectivity index (χ3n) is 4.84. The molecule has 1 aliphatic rings. The molecule has 0 saturated carbocycles. The molecule has 1 aliphatic carbocycles. The fourth-order valence-corrected chi connectivity index (χ4v) is 3.57. The Hall–Kier alpha value is -2.66. The molecule has 5 nitrogen and oxygen atoms in total. The Balaban J connectivity index is 1.83. The van der Waals surface area contributed by atoms with Crippen LogP contribution < -0.4 is 5.32 Å². The van der Waals surface area contributed by atoms with Gasteiger partial charge in [-0.05, 0) is 49.4 Å². The van der Waals surface area contributed by atoms with Gasteiger partial charge in [0.05, 0.1) is 12.6 Å². The van der Waals surface area contributed by atoms with Crippen LogP contribution in [0.1, 0.15) is 47.3 Å². The molecule has 0 aliphatic heterocycles. The Morgan fingerprint density at radius 1 is 1.19 bits per heavy atom. The van der Waals surface area contributed by atoms with Crippen molar-refractivity contribution >= 4 is 17.5 Å². The fraction of sp³-hybridized carbons (Fsp3) is 0.333. The molecule has 1 atom stereocenters. The monoisotopic (exact) mass is 352 g/mol. The van der Waals surface area contributed by atoms with Crippen LogP contribution in [0.4, 0.5) is 10.5 Å². The van der Waals surface area contributed by atoms with Gasteiger partial charge in [0.1, 0.15) is 0 Å². The van der Waals surface area contributed by atoms with Gasteiger partial charge in [0.15, 0.2) is 5.78 Å². The number of urea groups is 1. The second-order valence-electron chi connectivity index (χ2n) is 6.59. The second-order valence-corrected chi connectivity index (χ2v) is 6.59. The molecule has 0 radical (unpaired) electrons. The minimum atomic E-state index is -0.263. The number of rotatable bonds is 5. The van der Waals surface area contributed by atoms with E-state index in [2.05, 4.69) is 17.4 Å². The van der Waals surface area contributed by atoms with Crippen LogP contribution in [0.3, 0.4) is 0 Å². The van der Waals surface area contributed by atoms with Crippen molar-refractivity contribution in [2.45, 2.75) is 32.2 Å². The number of ketones is 1. The topological polar surface area (TPSA) is 69.6 Å². The van der Waals surface area contributed by atoms with Gasteiger partial charge >= 0.3 is 6.03 Å². The minimum Gasteiger partial charge on any atom is -0.395 e. The van der Waals surface area contributed by atoms with Gasteiger partial charge in [-0.15, -0.1) is 0 Å². The first-order valence-corrected chi connectivity index (χ1v) is 8.97. The van der Waals surface area contributed by atoms with Crippen LogP contribution in [0.2, 0.25) is 0 Å². The summed E-state index contributed by atoms with van der Waals surface area (Å²) < 4.78 is 0. The smallest absolute Gasteiger partial charge is 0.322 e. The summed E-state index contributed by atoms with van der Waals surface area (Å²) in [4.78, 5) is 26.2. The van der Waals surface area contributed by atoms with Gasteiger partial charge in [-0.3, -0.25) is 4.79 Å². The number of nitrogens with one attached hydrogen (secondary N) is 1. The van der Waals surface area contributed by atoms with Crippen LogP contribution in [-0.4, -0.2) is 35.0 Å². The zero-order chi connectivity index (χ0) is 18.5. The highest BCUT2D eigenvalue weighted by Gasteiger charge is 2.28. The molecule has 136 valence electrons. The Morgan fingerprint density at radius 3 is 2.77 bits per heavy atom. The van der Waals surface area contributed by atoms with Crippen molar-refractivity contribution in [2.24, 2.45) is 0 Å². The van der Waals surface area contributed by atoms with Gasteiger partial charge in [0.25, 0.3) is 0 Å². The molecule has 2 amide bonds. The summed E-state index contributed by atoms with van der Waals surface area (Å²) in [6, 6.07) is 14.8. The molecule has 2 N–H and O–H groups in total. The Morgan fingerprint density at radius 2 is 2.00 bits per heavy atom. The van der Waals surface area contributed by atoms with E-state index < -0.39 is 0 Å². The van der Waals surface area contributed by atoms with Gasteiger partial charge in [-0.1, -0.05) is 36.4 Å². The minimum absolute atomic E-state index is 0.0467. The number of anilines is 1. The first kappa shape index (κ1) is 18.1. The summed E-state index contributed by atoms with van der Waals surface area (Å²) in [5.74, 6) is -0.0467. The summed E-state index contributed by atoms with van der Waals surface area (Å²) >= 11 is 0. The summed E-state index contributed by atoms with van der Waals surface area (Å²) in [6.07, 6.45) is 2.90. The number of fused-ring (bicyclic) bond motifs is 1. The van der Waals surface area contributed by atoms with Gasteiger partial charge in [-0.25, -0.2) is 4.79 Å². The van der Waals surface area contributed by atoms with E-state index in [0.717, 1.165) is 24.8 Å². The molecule has 0 bridgehead atoms. The lowest BCUT2D eigenvalue weighted by molar-refractivity contribution is 0.101. The molecule has 0 unspecified atom stereocenters. The van der Waals surface area contributed by atoms with Gasteiger partial charge in [0, 0.05) is 17.8 Å². The van der Waals surface area contributed by atoms with E-state index in [1.54, 1.807) is 29.2 Å². The number of amides is 2. The standard InChI is InChI=1S/C21H24N2O3/c1-15(25)17-8-4-9-18(14-17)22-21(26)23(12-13-24)20-11-5-7-16-6-2-3-10-19(16)20/h2-4,6,8-10,14,20,24H,5,7,11-13H2,1H3,(H,22,26)/t20-/m1/s1. The summed E-state index contributed by atoms with van der Waals surface area (Å²) in [6.45, 7) is 1.66. The van der Waals surface area contributed by atoms with E-state index in [1.807, 2.05) is 12.1 Å². The molecule has 0 saturated heterocycles. The average Bonchev–Trinajstić information content (AvgIpc) is 2.66. The number of hydrogen-bond donors (Lipinski definition) is 2. The zero-order valence-corrected chi connectivity index (χ0v) is 14.9. The molecule has 0 spiro atoms. The van der Waals surface area contributed by atoms with Crippen molar-refractivity contribution in [3.8, 4) is 0 Å². The molecule has 5 heteroatoms. The van der Waals surface area contributed by atoms with Crippen molar-refractivity contribution in [2.75, 3.05) is 18.5 Å². The third kappa shape index (κ3) is 3.94. The first-order valence-electron chi connectivity index (χ1n) is 8.97. The summed E-state index contributed by atoms with van der Waals surface area (Å²) in [5.41, 5.74) is 3.55. The van der Waals surface area contributed by atoms with Gasteiger partial charge in [-0.2, -0.15) is 0 Å². The van der Waals surface area contributed by atoms with E-state index in [9.17, 15) is 14.7 Å². The Bertz CT molecular complexity index is 803. The van der Waals surface area contributed by atoms with Crippen LogP contribution >= 0.6 is 0 Å². The second kappa shape index (κ2) is 8.15. The maximum Gasteiger partial charge on any atom is 0.322 e. The maximum atomic E-state index is 12.9. The summed E-state index contributed by atoms with van der Waals surface area (Å²) in [5, 5.41) is 12.4. The highest BCUT2D eigenvalue weighted by molar-refractivity contribution is 5.96. The quantitative estimate of drug-likeness (QED) is 0.804. The lowest BCUT2D eigenvalue weighted by Gasteiger charge is -2.35.